The molecule has 0 bridgehead atoms. The minimum absolute atomic E-state index is 0.0834. The highest BCUT2D eigenvalue weighted by Crippen LogP contribution is 2.22. The van der Waals surface area contributed by atoms with Gasteiger partial charge in [-0.05, 0) is 12.1 Å². The highest BCUT2D eigenvalue weighted by molar-refractivity contribution is 6.33. The van der Waals surface area contributed by atoms with Crippen LogP contribution in [-0.4, -0.2) is 19.4 Å². The fraction of sp³-hybridized carbons (Fsp3) is 0.111. The maximum absolute atomic E-state index is 13.4. The van der Waals surface area contributed by atoms with Crippen molar-refractivity contribution < 1.29 is 18.7 Å². The Bertz CT molecular complexity index is 390. The lowest BCUT2D eigenvalue weighted by molar-refractivity contribution is 0.0595. The third-order valence-electron chi connectivity index (χ3n) is 1.64. The number of carbonyl (C=O) groups excluding carboxylic acids is 2. The second kappa shape index (κ2) is 4.19. The van der Waals surface area contributed by atoms with Gasteiger partial charge < -0.3 is 4.74 Å². The molecule has 0 amide bonds. The van der Waals surface area contributed by atoms with E-state index in [4.69, 9.17) is 11.6 Å². The molecular weight excluding hydrogens is 211 g/mol. The monoisotopic (exact) mass is 216 g/mol. The van der Waals surface area contributed by atoms with Crippen molar-refractivity contribution in [2.45, 2.75) is 0 Å². The van der Waals surface area contributed by atoms with E-state index in [1.807, 2.05) is 0 Å². The molecule has 0 aromatic heterocycles. The fourth-order valence-corrected chi connectivity index (χ4v) is 1.17. The second-order valence-corrected chi connectivity index (χ2v) is 2.84. The average molecular weight is 217 g/mol. The molecule has 0 spiro atoms. The predicted octanol–water partition coefficient (Wildman–Crippen LogP) is 2.08. The predicted molar refractivity (Wildman–Crippen MR) is 48.1 cm³/mol. The first-order valence-electron chi connectivity index (χ1n) is 3.63. The first-order chi connectivity index (χ1) is 6.61. The highest BCUT2D eigenvalue weighted by Gasteiger charge is 2.19. The number of hydrogen-bond acceptors (Lipinski definition) is 3. The summed E-state index contributed by atoms with van der Waals surface area (Å²) in [4.78, 5) is 21.4. The minimum Gasteiger partial charge on any atom is -0.465 e. The van der Waals surface area contributed by atoms with Gasteiger partial charge in [-0.1, -0.05) is 11.6 Å². The van der Waals surface area contributed by atoms with Crippen LogP contribution in [0.1, 0.15) is 20.7 Å². The quantitative estimate of drug-likeness (QED) is 0.562. The molecule has 0 N–H and O–H groups in total. The Morgan fingerprint density at radius 3 is 2.71 bits per heavy atom. The summed E-state index contributed by atoms with van der Waals surface area (Å²) in [7, 11) is 1.10. The fourth-order valence-electron chi connectivity index (χ4n) is 0.949. The summed E-state index contributed by atoms with van der Waals surface area (Å²) in [6, 6.07) is 2.46. The number of methoxy groups -OCH3 is 1. The van der Waals surface area contributed by atoms with Crippen LogP contribution in [0.2, 0.25) is 5.02 Å². The van der Waals surface area contributed by atoms with Gasteiger partial charge in [0.05, 0.1) is 17.7 Å². The molecule has 5 heteroatoms. The molecule has 74 valence electrons. The van der Waals surface area contributed by atoms with Crippen LogP contribution >= 0.6 is 11.6 Å². The third-order valence-corrected chi connectivity index (χ3v) is 1.95. The number of rotatable bonds is 2. The topological polar surface area (TPSA) is 43.4 Å². The smallest absolute Gasteiger partial charge is 0.342 e. The van der Waals surface area contributed by atoms with Gasteiger partial charge in [0, 0.05) is 0 Å². The molecule has 3 nitrogen and oxygen atoms in total. The molecule has 0 unspecified atom stereocenters. The van der Waals surface area contributed by atoms with Crippen LogP contribution in [-0.2, 0) is 4.74 Å². The maximum atomic E-state index is 13.4. The summed E-state index contributed by atoms with van der Waals surface area (Å²) >= 11 is 5.58. The Labute approximate surface area is 84.4 Å². The Morgan fingerprint density at radius 2 is 2.21 bits per heavy atom. The van der Waals surface area contributed by atoms with Gasteiger partial charge >= 0.3 is 5.97 Å². The van der Waals surface area contributed by atoms with Crippen molar-refractivity contribution in [3.05, 3.63) is 34.1 Å². The number of carbonyl (C=O) groups is 2. The summed E-state index contributed by atoms with van der Waals surface area (Å²) in [6.07, 6.45) is 0.304. The summed E-state index contributed by atoms with van der Waals surface area (Å²) in [5.41, 5.74) is -0.645. The first kappa shape index (κ1) is 10.7. The van der Waals surface area contributed by atoms with Crippen molar-refractivity contribution in [3.63, 3.8) is 0 Å². The number of esters is 1. The normalized spacial score (nSPS) is 9.64. The number of ether oxygens (including phenoxy) is 1. The number of benzene rings is 1. The van der Waals surface area contributed by atoms with Crippen molar-refractivity contribution in [1.29, 1.82) is 0 Å². The molecule has 0 aliphatic carbocycles. The largest absolute Gasteiger partial charge is 0.465 e. The molecule has 0 atom stereocenters. The van der Waals surface area contributed by atoms with Gasteiger partial charge in [0.1, 0.15) is 11.4 Å². The molecule has 0 saturated carbocycles. The van der Waals surface area contributed by atoms with Gasteiger partial charge in [0.25, 0.3) is 0 Å². The number of halogens is 2. The summed E-state index contributed by atoms with van der Waals surface area (Å²) in [5.74, 6) is -1.87. The van der Waals surface area contributed by atoms with Crippen molar-refractivity contribution >= 4 is 23.9 Å². The Kier molecular flexibility index (Phi) is 3.19. The number of hydrogen-bond donors (Lipinski definition) is 0. The zero-order valence-corrected chi connectivity index (χ0v) is 7.97. The second-order valence-electron chi connectivity index (χ2n) is 2.44. The molecule has 0 aliphatic heterocycles. The van der Waals surface area contributed by atoms with Crippen LogP contribution in [0, 0.1) is 5.82 Å². The molecule has 0 saturated heterocycles. The standard InChI is InChI=1S/C9H6ClFO3/c1-14-9(13)7-6(10)3-2-5(4-12)8(7)11/h2-4H,1H3. The van der Waals surface area contributed by atoms with E-state index in [-0.39, 0.29) is 10.6 Å². The lowest BCUT2D eigenvalue weighted by Crippen LogP contribution is -2.07. The van der Waals surface area contributed by atoms with Crippen molar-refractivity contribution in [3.8, 4) is 0 Å². The van der Waals surface area contributed by atoms with Crippen LogP contribution in [0.25, 0.3) is 0 Å². The maximum Gasteiger partial charge on any atom is 0.342 e. The Morgan fingerprint density at radius 1 is 1.57 bits per heavy atom. The van der Waals surface area contributed by atoms with Gasteiger partial charge in [-0.25, -0.2) is 9.18 Å². The lowest BCUT2D eigenvalue weighted by Gasteiger charge is -2.04. The van der Waals surface area contributed by atoms with E-state index in [1.165, 1.54) is 12.1 Å². The van der Waals surface area contributed by atoms with Crippen LogP contribution in [0.3, 0.4) is 0 Å². The minimum atomic E-state index is -0.959. The molecular formula is C9H6ClFO3. The van der Waals surface area contributed by atoms with E-state index < -0.39 is 17.3 Å². The molecule has 14 heavy (non-hydrogen) atoms. The van der Waals surface area contributed by atoms with E-state index >= 15 is 0 Å². The van der Waals surface area contributed by atoms with E-state index in [9.17, 15) is 14.0 Å². The van der Waals surface area contributed by atoms with E-state index in [0.29, 0.717) is 6.29 Å². The van der Waals surface area contributed by atoms with E-state index in [1.54, 1.807) is 0 Å². The van der Waals surface area contributed by atoms with E-state index in [0.717, 1.165) is 7.11 Å². The summed E-state index contributed by atoms with van der Waals surface area (Å²) in [6.45, 7) is 0. The lowest BCUT2D eigenvalue weighted by atomic mass is 10.1. The van der Waals surface area contributed by atoms with Crippen LogP contribution in [0.4, 0.5) is 4.39 Å². The van der Waals surface area contributed by atoms with Gasteiger partial charge in [0.2, 0.25) is 0 Å². The van der Waals surface area contributed by atoms with Crippen molar-refractivity contribution in [2.24, 2.45) is 0 Å². The molecule has 1 rings (SSSR count). The SMILES string of the molecule is COC(=O)c1c(Cl)ccc(C=O)c1F. The number of aldehydes is 1. The average Bonchev–Trinajstić information content (AvgIpc) is 2.18. The summed E-state index contributed by atoms with van der Waals surface area (Å²) in [5, 5.41) is -0.0834. The van der Waals surface area contributed by atoms with Gasteiger partial charge in [0.15, 0.2) is 6.29 Å². The zero-order valence-electron chi connectivity index (χ0n) is 7.21. The summed E-state index contributed by atoms with van der Waals surface area (Å²) < 4.78 is 17.7. The van der Waals surface area contributed by atoms with Crippen LogP contribution in [0.15, 0.2) is 12.1 Å². The van der Waals surface area contributed by atoms with Gasteiger partial charge in [-0.2, -0.15) is 0 Å². The zero-order chi connectivity index (χ0) is 10.7. The molecule has 0 fully saturated rings. The van der Waals surface area contributed by atoms with Gasteiger partial charge in [-0.15, -0.1) is 0 Å². The van der Waals surface area contributed by atoms with Crippen molar-refractivity contribution in [2.75, 3.05) is 7.11 Å². The van der Waals surface area contributed by atoms with Crippen LogP contribution in [0.5, 0.6) is 0 Å². The third kappa shape index (κ3) is 1.75. The van der Waals surface area contributed by atoms with Gasteiger partial charge in [-0.3, -0.25) is 4.79 Å². The molecule has 0 heterocycles. The molecule has 0 aliphatic rings. The highest BCUT2D eigenvalue weighted by atomic mass is 35.5. The van der Waals surface area contributed by atoms with Crippen LogP contribution < -0.4 is 0 Å². The molecule has 0 radical (unpaired) electrons. The Balaban J connectivity index is 3.39. The van der Waals surface area contributed by atoms with E-state index in [2.05, 4.69) is 4.74 Å². The Hall–Kier alpha value is -1.42. The first-order valence-corrected chi connectivity index (χ1v) is 4.01. The molecule has 1 aromatic rings. The molecule has 1 aromatic carbocycles. The van der Waals surface area contributed by atoms with Crippen molar-refractivity contribution in [1.82, 2.24) is 0 Å².